The number of nitro groups is 1. The highest BCUT2D eigenvalue weighted by Crippen LogP contribution is 2.23. The van der Waals surface area contributed by atoms with Crippen molar-refractivity contribution in [3.8, 4) is 5.75 Å². The summed E-state index contributed by atoms with van der Waals surface area (Å²) in [6.45, 7) is 3.35. The Bertz CT molecular complexity index is 523. The van der Waals surface area contributed by atoms with E-state index < -0.39 is 27.9 Å². The van der Waals surface area contributed by atoms with Crippen LogP contribution >= 0.6 is 0 Å². The van der Waals surface area contributed by atoms with Crippen LogP contribution in [-0.4, -0.2) is 34.7 Å². The molecule has 0 radical (unpaired) electrons. The average molecular weight is 286 g/mol. The third kappa shape index (κ3) is 3.64. The molecule has 1 rings (SSSR count). The summed E-state index contributed by atoms with van der Waals surface area (Å²) < 4.78 is 18.6. The monoisotopic (exact) mass is 286 g/mol. The summed E-state index contributed by atoms with van der Waals surface area (Å²) in [5.41, 5.74) is -1.99. The second-order valence-electron chi connectivity index (χ2n) is 4.33. The lowest BCUT2D eigenvalue weighted by atomic mass is 10.0. The molecule has 8 heteroatoms. The number of aliphatic carboxylic acids is 1. The lowest BCUT2D eigenvalue weighted by Gasteiger charge is -2.25. The van der Waals surface area contributed by atoms with Gasteiger partial charge in [0.1, 0.15) is 17.9 Å². The van der Waals surface area contributed by atoms with Crippen LogP contribution in [0.25, 0.3) is 0 Å². The second-order valence-corrected chi connectivity index (χ2v) is 4.33. The lowest BCUT2D eigenvalue weighted by molar-refractivity contribution is -0.387. The minimum atomic E-state index is -1.33. The zero-order valence-corrected chi connectivity index (χ0v) is 11.1. The van der Waals surface area contributed by atoms with Gasteiger partial charge in [0.05, 0.1) is 4.92 Å². The van der Waals surface area contributed by atoms with Crippen LogP contribution in [0.2, 0.25) is 0 Å². The van der Waals surface area contributed by atoms with Crippen molar-refractivity contribution in [2.24, 2.45) is 0 Å². The molecular formula is C12H15FN2O5. The number of likely N-dealkylation sites (N-methyl/N-ethyl adjacent to an activating group) is 1. The number of nitrogens with zero attached hydrogens (tertiary/aromatic N) is 1. The van der Waals surface area contributed by atoms with Gasteiger partial charge in [-0.15, -0.1) is 0 Å². The zero-order chi connectivity index (χ0) is 15.3. The Labute approximate surface area is 114 Å². The molecule has 0 saturated heterocycles. The van der Waals surface area contributed by atoms with Crippen molar-refractivity contribution in [2.45, 2.75) is 19.4 Å². The number of carboxylic acid groups (broad SMARTS) is 1. The zero-order valence-electron chi connectivity index (χ0n) is 11.1. The molecule has 0 aliphatic carbocycles. The largest absolute Gasteiger partial charge is 0.491 e. The van der Waals surface area contributed by atoms with Gasteiger partial charge in [0.25, 0.3) is 0 Å². The number of hydrogen-bond acceptors (Lipinski definition) is 5. The minimum absolute atomic E-state index is 0.0264. The molecule has 0 heterocycles. The molecule has 20 heavy (non-hydrogen) atoms. The number of rotatable bonds is 7. The van der Waals surface area contributed by atoms with Crippen molar-refractivity contribution in [1.82, 2.24) is 5.32 Å². The van der Waals surface area contributed by atoms with Gasteiger partial charge in [0.15, 0.2) is 0 Å². The quantitative estimate of drug-likeness (QED) is 0.582. The maximum absolute atomic E-state index is 13.4. The van der Waals surface area contributed by atoms with Crippen LogP contribution in [0, 0.1) is 15.9 Å². The highest BCUT2D eigenvalue weighted by molar-refractivity contribution is 5.78. The molecule has 0 spiro atoms. The van der Waals surface area contributed by atoms with E-state index in [1.165, 1.54) is 13.0 Å². The molecule has 2 N–H and O–H groups in total. The smallest absolute Gasteiger partial charge is 0.327 e. The fraction of sp³-hybridized carbons (Fsp3) is 0.417. The molecule has 1 unspecified atom stereocenters. The number of carbonyl (C=O) groups is 1. The summed E-state index contributed by atoms with van der Waals surface area (Å²) in [7, 11) is 0. The molecule has 0 aliphatic heterocycles. The topological polar surface area (TPSA) is 102 Å². The van der Waals surface area contributed by atoms with Crippen molar-refractivity contribution >= 4 is 11.7 Å². The lowest BCUT2D eigenvalue weighted by Crippen LogP contribution is -2.53. The first kappa shape index (κ1) is 15.8. The van der Waals surface area contributed by atoms with E-state index in [1.807, 2.05) is 0 Å². The Kier molecular flexibility index (Phi) is 4.98. The van der Waals surface area contributed by atoms with E-state index in [-0.39, 0.29) is 12.4 Å². The maximum Gasteiger partial charge on any atom is 0.327 e. The van der Waals surface area contributed by atoms with Crippen LogP contribution in [0.15, 0.2) is 18.2 Å². The van der Waals surface area contributed by atoms with Crippen LogP contribution in [0.3, 0.4) is 0 Å². The fourth-order valence-electron chi connectivity index (χ4n) is 1.53. The van der Waals surface area contributed by atoms with Crippen LogP contribution in [-0.2, 0) is 4.79 Å². The summed E-state index contributed by atoms with van der Waals surface area (Å²) >= 11 is 0. The van der Waals surface area contributed by atoms with Gasteiger partial charge in [-0.05, 0) is 19.5 Å². The number of hydrogen-bond donors (Lipinski definition) is 2. The first-order valence-corrected chi connectivity index (χ1v) is 5.85. The molecule has 1 aromatic carbocycles. The molecule has 110 valence electrons. The Morgan fingerprint density at radius 1 is 1.60 bits per heavy atom. The van der Waals surface area contributed by atoms with Gasteiger partial charge in [-0.1, -0.05) is 6.92 Å². The second kappa shape index (κ2) is 6.29. The van der Waals surface area contributed by atoms with E-state index in [2.05, 4.69) is 5.32 Å². The fourth-order valence-corrected chi connectivity index (χ4v) is 1.53. The molecule has 7 nitrogen and oxygen atoms in total. The Balaban J connectivity index is 2.81. The van der Waals surface area contributed by atoms with E-state index in [4.69, 9.17) is 9.84 Å². The Hall–Kier alpha value is -2.22. The van der Waals surface area contributed by atoms with Gasteiger partial charge >= 0.3 is 11.7 Å². The van der Waals surface area contributed by atoms with Crippen LogP contribution in [0.4, 0.5) is 10.1 Å². The van der Waals surface area contributed by atoms with E-state index >= 15 is 0 Å². The SMILES string of the molecule is CCNC(C)(COc1ccc([N+](=O)[O-])c(F)c1)C(=O)O. The predicted octanol–water partition coefficient (Wildman–Crippen LogP) is 1.57. The molecule has 0 amide bonds. The summed E-state index contributed by atoms with van der Waals surface area (Å²) in [6.07, 6.45) is 0. The maximum atomic E-state index is 13.4. The molecule has 1 aromatic rings. The van der Waals surface area contributed by atoms with E-state index in [0.29, 0.717) is 6.54 Å². The predicted molar refractivity (Wildman–Crippen MR) is 68.3 cm³/mol. The number of halogens is 1. The molecule has 0 aromatic heterocycles. The third-order valence-electron chi connectivity index (χ3n) is 2.68. The van der Waals surface area contributed by atoms with Crippen LogP contribution in [0.1, 0.15) is 13.8 Å². The highest BCUT2D eigenvalue weighted by Gasteiger charge is 2.33. The Morgan fingerprint density at radius 3 is 2.70 bits per heavy atom. The number of benzene rings is 1. The van der Waals surface area contributed by atoms with Crippen molar-refractivity contribution < 1.29 is 24.0 Å². The number of carboxylic acids is 1. The molecular weight excluding hydrogens is 271 g/mol. The number of nitrogens with one attached hydrogen (secondary N) is 1. The average Bonchev–Trinajstić information content (AvgIpc) is 2.36. The summed E-state index contributed by atoms with van der Waals surface area (Å²) in [5.74, 6) is -2.12. The van der Waals surface area contributed by atoms with E-state index in [9.17, 15) is 19.3 Å². The van der Waals surface area contributed by atoms with Crippen molar-refractivity contribution in [1.29, 1.82) is 0 Å². The van der Waals surface area contributed by atoms with E-state index in [0.717, 1.165) is 12.1 Å². The van der Waals surface area contributed by atoms with Crippen molar-refractivity contribution in [2.75, 3.05) is 13.2 Å². The third-order valence-corrected chi connectivity index (χ3v) is 2.68. The standard InChI is InChI=1S/C12H15FN2O5/c1-3-14-12(2,11(16)17)7-20-8-4-5-10(15(18)19)9(13)6-8/h4-6,14H,3,7H2,1-2H3,(H,16,17). The van der Waals surface area contributed by atoms with Crippen molar-refractivity contribution in [3.63, 3.8) is 0 Å². The summed E-state index contributed by atoms with van der Waals surface area (Å²) in [4.78, 5) is 20.8. The normalized spacial score (nSPS) is 13.6. The van der Waals surface area contributed by atoms with Gasteiger partial charge < -0.3 is 9.84 Å². The number of ether oxygens (including phenoxy) is 1. The Morgan fingerprint density at radius 2 is 2.25 bits per heavy atom. The highest BCUT2D eigenvalue weighted by atomic mass is 19.1. The summed E-state index contributed by atoms with van der Waals surface area (Å²) in [6, 6.07) is 3.04. The first-order chi connectivity index (χ1) is 9.30. The van der Waals surface area contributed by atoms with Gasteiger partial charge in [-0.2, -0.15) is 4.39 Å². The summed E-state index contributed by atoms with van der Waals surface area (Å²) in [5, 5.41) is 22.3. The van der Waals surface area contributed by atoms with Crippen molar-refractivity contribution in [3.05, 3.63) is 34.1 Å². The minimum Gasteiger partial charge on any atom is -0.491 e. The van der Waals surface area contributed by atoms with Gasteiger partial charge in [0.2, 0.25) is 5.82 Å². The molecule has 1 atom stereocenters. The number of nitro benzene ring substituents is 1. The van der Waals surface area contributed by atoms with Crippen LogP contribution < -0.4 is 10.1 Å². The van der Waals surface area contributed by atoms with Gasteiger partial charge in [-0.25, -0.2) is 0 Å². The molecule has 0 bridgehead atoms. The molecule has 0 fully saturated rings. The van der Waals surface area contributed by atoms with E-state index in [1.54, 1.807) is 6.92 Å². The molecule has 0 aliphatic rings. The first-order valence-electron chi connectivity index (χ1n) is 5.85. The van der Waals surface area contributed by atoms with Gasteiger partial charge in [-0.3, -0.25) is 20.2 Å². The van der Waals surface area contributed by atoms with Crippen LogP contribution in [0.5, 0.6) is 5.75 Å². The van der Waals surface area contributed by atoms with Gasteiger partial charge in [0, 0.05) is 12.1 Å². The molecule has 0 saturated carbocycles.